The molecular weight excluding hydrogens is 230 g/mol. The fraction of sp³-hybridized carbons (Fsp3) is 0.750. The first-order valence-corrected chi connectivity index (χ1v) is 6.81. The Labute approximate surface area is 106 Å². The van der Waals surface area contributed by atoms with Gasteiger partial charge in [0.05, 0.1) is 24.3 Å². The lowest BCUT2D eigenvalue weighted by molar-refractivity contribution is -0.119. The van der Waals surface area contributed by atoms with Crippen LogP contribution in [0.25, 0.3) is 0 Å². The van der Waals surface area contributed by atoms with Crippen molar-refractivity contribution in [1.29, 1.82) is 0 Å². The van der Waals surface area contributed by atoms with E-state index in [1.165, 1.54) is 25.7 Å². The van der Waals surface area contributed by atoms with E-state index in [-0.39, 0.29) is 12.1 Å². The van der Waals surface area contributed by atoms with Gasteiger partial charge in [0, 0.05) is 7.05 Å². The minimum absolute atomic E-state index is 0.0147. The molecule has 0 aromatic rings. The van der Waals surface area contributed by atoms with Gasteiger partial charge in [-0.25, -0.2) is 5.43 Å². The summed E-state index contributed by atoms with van der Waals surface area (Å²) in [6.45, 7) is 0.541. The molecule has 3 heterocycles. The maximum absolute atomic E-state index is 12.1. The molecule has 2 saturated heterocycles. The monoisotopic (exact) mass is 249 g/mol. The number of carbonyl (C=O) groups is 1. The predicted molar refractivity (Wildman–Crippen MR) is 65.7 cm³/mol. The summed E-state index contributed by atoms with van der Waals surface area (Å²) in [6.07, 6.45) is 5.03. The standard InChI is InChI=1S/C12H19N5O/c1-16-7-4-2-3-5-8(7)17-12(16)9-10(15-17)13-6-14-11(9)18/h7-8,10,13,15H,2-6H2,1H3,(H,14,18). The molecular formula is C12H19N5O. The van der Waals surface area contributed by atoms with E-state index in [4.69, 9.17) is 0 Å². The van der Waals surface area contributed by atoms with E-state index < -0.39 is 0 Å². The van der Waals surface area contributed by atoms with Gasteiger partial charge >= 0.3 is 0 Å². The third kappa shape index (κ3) is 1.22. The molecule has 4 aliphatic rings. The molecule has 98 valence electrons. The zero-order valence-corrected chi connectivity index (χ0v) is 10.6. The molecule has 0 radical (unpaired) electrons. The molecule has 6 nitrogen and oxygen atoms in total. The molecule has 6 heteroatoms. The van der Waals surface area contributed by atoms with Crippen molar-refractivity contribution in [2.24, 2.45) is 0 Å². The number of nitrogens with zero attached hydrogens (tertiary/aromatic N) is 2. The SMILES string of the molecule is CN1C2=C3C(=O)NCNC3NN2C2CCCCC21. The average Bonchev–Trinajstić information content (AvgIpc) is 2.89. The zero-order valence-electron chi connectivity index (χ0n) is 10.6. The molecule has 3 aliphatic heterocycles. The highest BCUT2D eigenvalue weighted by molar-refractivity contribution is 5.96. The van der Waals surface area contributed by atoms with Gasteiger partial charge < -0.3 is 10.2 Å². The Morgan fingerprint density at radius 3 is 2.83 bits per heavy atom. The topological polar surface area (TPSA) is 59.6 Å². The minimum atomic E-state index is -0.0147. The number of rotatable bonds is 0. The lowest BCUT2D eigenvalue weighted by Crippen LogP contribution is -2.57. The van der Waals surface area contributed by atoms with Gasteiger partial charge in [-0.1, -0.05) is 12.8 Å². The maximum atomic E-state index is 12.1. The third-order valence-corrected chi connectivity index (χ3v) is 4.68. The maximum Gasteiger partial charge on any atom is 0.254 e. The molecule has 1 aliphatic carbocycles. The van der Waals surface area contributed by atoms with Crippen LogP contribution in [-0.4, -0.2) is 47.8 Å². The minimum Gasteiger partial charge on any atom is -0.355 e. The molecule has 18 heavy (non-hydrogen) atoms. The molecule has 0 spiro atoms. The second-order valence-electron chi connectivity index (χ2n) is 5.59. The average molecular weight is 249 g/mol. The van der Waals surface area contributed by atoms with Gasteiger partial charge in [-0.2, -0.15) is 0 Å². The summed E-state index contributed by atoms with van der Waals surface area (Å²) in [7, 11) is 2.12. The van der Waals surface area contributed by atoms with E-state index >= 15 is 0 Å². The number of nitrogens with one attached hydrogen (secondary N) is 3. The van der Waals surface area contributed by atoms with E-state index in [0.29, 0.717) is 18.8 Å². The van der Waals surface area contributed by atoms with Crippen LogP contribution in [0.2, 0.25) is 0 Å². The van der Waals surface area contributed by atoms with Gasteiger partial charge in [-0.3, -0.25) is 15.1 Å². The van der Waals surface area contributed by atoms with Crippen LogP contribution in [0.15, 0.2) is 11.4 Å². The second kappa shape index (κ2) is 3.61. The Bertz CT molecular complexity index is 434. The van der Waals surface area contributed by atoms with Crippen LogP contribution in [0.3, 0.4) is 0 Å². The van der Waals surface area contributed by atoms with Crippen LogP contribution in [0.5, 0.6) is 0 Å². The molecule has 0 aromatic heterocycles. The summed E-state index contributed by atoms with van der Waals surface area (Å²) in [4.78, 5) is 14.4. The highest BCUT2D eigenvalue weighted by Crippen LogP contribution is 2.40. The first kappa shape index (κ1) is 10.6. The number of amides is 1. The Balaban J connectivity index is 1.77. The summed E-state index contributed by atoms with van der Waals surface area (Å²) in [5.74, 6) is 1.15. The van der Waals surface area contributed by atoms with Gasteiger partial charge in [-0.15, -0.1) is 0 Å². The summed E-state index contributed by atoms with van der Waals surface area (Å²) < 4.78 is 0. The molecule has 1 saturated carbocycles. The largest absolute Gasteiger partial charge is 0.355 e. The number of fused-ring (bicyclic) bond motifs is 4. The zero-order chi connectivity index (χ0) is 12.3. The van der Waals surface area contributed by atoms with Crippen molar-refractivity contribution < 1.29 is 4.79 Å². The van der Waals surface area contributed by atoms with Crippen molar-refractivity contribution >= 4 is 5.91 Å². The van der Waals surface area contributed by atoms with Crippen molar-refractivity contribution in [2.45, 2.75) is 43.9 Å². The van der Waals surface area contributed by atoms with Crippen LogP contribution in [-0.2, 0) is 4.79 Å². The number of hydrazine groups is 1. The van der Waals surface area contributed by atoms with Crippen molar-refractivity contribution in [1.82, 2.24) is 26.0 Å². The Hall–Kier alpha value is -1.27. The third-order valence-electron chi connectivity index (χ3n) is 4.68. The van der Waals surface area contributed by atoms with E-state index in [1.807, 2.05) is 0 Å². The van der Waals surface area contributed by atoms with Crippen LogP contribution in [0.1, 0.15) is 25.7 Å². The van der Waals surface area contributed by atoms with Crippen molar-refractivity contribution in [3.05, 3.63) is 11.4 Å². The number of hydrogen-bond donors (Lipinski definition) is 3. The van der Waals surface area contributed by atoms with Crippen molar-refractivity contribution in [3.8, 4) is 0 Å². The number of likely N-dealkylation sites (N-methyl/N-ethyl adjacent to an activating group) is 1. The van der Waals surface area contributed by atoms with Gasteiger partial charge in [0.2, 0.25) is 0 Å². The van der Waals surface area contributed by atoms with E-state index in [0.717, 1.165) is 11.4 Å². The van der Waals surface area contributed by atoms with Gasteiger partial charge in [0.15, 0.2) is 0 Å². The van der Waals surface area contributed by atoms with Crippen LogP contribution >= 0.6 is 0 Å². The lowest BCUT2D eigenvalue weighted by Gasteiger charge is -2.33. The molecule has 0 bridgehead atoms. The first-order chi connectivity index (χ1) is 8.77. The fourth-order valence-electron chi connectivity index (χ4n) is 3.85. The molecule has 0 aromatic carbocycles. The molecule has 4 rings (SSSR count). The normalized spacial score (nSPS) is 38.5. The molecule has 1 amide bonds. The Kier molecular flexibility index (Phi) is 2.14. The van der Waals surface area contributed by atoms with E-state index in [9.17, 15) is 4.79 Å². The summed E-state index contributed by atoms with van der Waals surface area (Å²) in [6, 6.07) is 1.08. The predicted octanol–water partition coefficient (Wildman–Crippen LogP) is -0.722. The van der Waals surface area contributed by atoms with E-state index in [1.54, 1.807) is 0 Å². The lowest BCUT2D eigenvalue weighted by atomic mass is 9.91. The molecule has 3 N–H and O–H groups in total. The van der Waals surface area contributed by atoms with E-state index in [2.05, 4.69) is 33.0 Å². The quantitative estimate of drug-likeness (QED) is 0.529. The Morgan fingerprint density at radius 1 is 1.22 bits per heavy atom. The van der Waals surface area contributed by atoms with Gasteiger partial charge in [0.25, 0.3) is 5.91 Å². The van der Waals surface area contributed by atoms with Gasteiger partial charge in [-0.05, 0) is 12.8 Å². The summed E-state index contributed by atoms with van der Waals surface area (Å²) >= 11 is 0. The number of carbonyl (C=O) groups excluding carboxylic acids is 1. The fourth-order valence-corrected chi connectivity index (χ4v) is 3.85. The van der Waals surface area contributed by atoms with Crippen LogP contribution in [0, 0.1) is 0 Å². The first-order valence-electron chi connectivity index (χ1n) is 6.81. The smallest absolute Gasteiger partial charge is 0.254 e. The Morgan fingerprint density at radius 2 is 2.00 bits per heavy atom. The highest BCUT2D eigenvalue weighted by atomic mass is 16.2. The highest BCUT2D eigenvalue weighted by Gasteiger charge is 2.50. The van der Waals surface area contributed by atoms with Crippen molar-refractivity contribution in [3.63, 3.8) is 0 Å². The van der Waals surface area contributed by atoms with Crippen LogP contribution in [0.4, 0.5) is 0 Å². The van der Waals surface area contributed by atoms with Crippen LogP contribution < -0.4 is 16.1 Å². The summed E-state index contributed by atoms with van der Waals surface area (Å²) in [5, 5.41) is 8.39. The summed E-state index contributed by atoms with van der Waals surface area (Å²) in [5.41, 5.74) is 4.32. The van der Waals surface area contributed by atoms with Crippen molar-refractivity contribution in [2.75, 3.05) is 13.7 Å². The molecule has 3 atom stereocenters. The second-order valence-corrected chi connectivity index (χ2v) is 5.59. The molecule has 3 unspecified atom stereocenters. The number of hydrogen-bond acceptors (Lipinski definition) is 5. The molecule has 3 fully saturated rings. The van der Waals surface area contributed by atoms with Gasteiger partial charge in [0.1, 0.15) is 12.0 Å².